The molecule has 0 radical (unpaired) electrons. The summed E-state index contributed by atoms with van der Waals surface area (Å²) in [5.74, 6) is 0.313. The van der Waals surface area contributed by atoms with E-state index in [4.69, 9.17) is 0 Å². The lowest BCUT2D eigenvalue weighted by molar-refractivity contribution is 0.0918. The lowest BCUT2D eigenvalue weighted by atomic mass is 9.94. The fourth-order valence-corrected chi connectivity index (χ4v) is 1.64. The summed E-state index contributed by atoms with van der Waals surface area (Å²) in [5, 5.41) is 3.15. The quantitative estimate of drug-likeness (QED) is 0.748. The third-order valence-electron chi connectivity index (χ3n) is 2.71. The zero-order valence-electron chi connectivity index (χ0n) is 9.66. The molecule has 0 amide bonds. The van der Waals surface area contributed by atoms with Gasteiger partial charge in [-0.1, -0.05) is 37.3 Å². The Bertz CT molecular complexity index is 308. The summed E-state index contributed by atoms with van der Waals surface area (Å²) in [6.45, 7) is 4.08. The molecule has 1 aromatic rings. The van der Waals surface area contributed by atoms with Gasteiger partial charge in [-0.2, -0.15) is 0 Å². The van der Waals surface area contributed by atoms with E-state index in [2.05, 4.69) is 12.2 Å². The van der Waals surface area contributed by atoms with E-state index in [1.807, 2.05) is 44.3 Å². The lowest BCUT2D eigenvalue weighted by Crippen LogP contribution is -2.26. The molecule has 2 heteroatoms. The summed E-state index contributed by atoms with van der Waals surface area (Å²) in [7, 11) is 1.92. The molecule has 0 bridgehead atoms. The van der Waals surface area contributed by atoms with E-state index in [0.29, 0.717) is 6.04 Å². The maximum absolute atomic E-state index is 12.0. The fourth-order valence-electron chi connectivity index (χ4n) is 1.64. The van der Waals surface area contributed by atoms with Gasteiger partial charge in [0.1, 0.15) is 0 Å². The van der Waals surface area contributed by atoms with Crippen molar-refractivity contribution in [3.63, 3.8) is 0 Å². The molecule has 1 N–H and O–H groups in total. The number of benzene rings is 1. The molecular weight excluding hydrogens is 186 g/mol. The van der Waals surface area contributed by atoms with E-state index in [9.17, 15) is 4.79 Å². The minimum atomic E-state index is 0.0786. The summed E-state index contributed by atoms with van der Waals surface area (Å²) in [6, 6.07) is 9.87. The second-order valence-electron chi connectivity index (χ2n) is 4.06. The van der Waals surface area contributed by atoms with Crippen LogP contribution in [0.3, 0.4) is 0 Å². The summed E-state index contributed by atoms with van der Waals surface area (Å²) in [6.07, 6.45) is 0.879. The fraction of sp³-hybridized carbons (Fsp3) is 0.462. The van der Waals surface area contributed by atoms with Crippen LogP contribution in [0.25, 0.3) is 0 Å². The third kappa shape index (κ3) is 3.48. The molecule has 0 spiro atoms. The van der Waals surface area contributed by atoms with Gasteiger partial charge in [-0.25, -0.2) is 0 Å². The number of carbonyl (C=O) groups is 1. The summed E-state index contributed by atoms with van der Waals surface area (Å²) in [5.41, 5.74) is 0.813. The Hall–Kier alpha value is -1.15. The van der Waals surface area contributed by atoms with Gasteiger partial charge in [0.15, 0.2) is 5.78 Å². The summed E-state index contributed by atoms with van der Waals surface area (Å²) >= 11 is 0. The first-order chi connectivity index (χ1) is 7.15. The number of nitrogens with one attached hydrogen (secondary N) is 1. The Balaban J connectivity index is 2.61. The van der Waals surface area contributed by atoms with E-state index in [1.54, 1.807) is 0 Å². The van der Waals surface area contributed by atoms with Crippen molar-refractivity contribution in [3.05, 3.63) is 35.9 Å². The molecule has 0 saturated carbocycles. The largest absolute Gasteiger partial charge is 0.317 e. The van der Waals surface area contributed by atoms with Crippen LogP contribution in [0.2, 0.25) is 0 Å². The molecule has 0 aromatic heterocycles. The zero-order chi connectivity index (χ0) is 11.3. The van der Waals surface area contributed by atoms with Gasteiger partial charge in [0.05, 0.1) is 0 Å². The highest BCUT2D eigenvalue weighted by Gasteiger charge is 2.16. The van der Waals surface area contributed by atoms with Gasteiger partial charge in [-0.15, -0.1) is 0 Å². The van der Waals surface area contributed by atoms with Crippen LogP contribution in [0.1, 0.15) is 30.6 Å². The van der Waals surface area contributed by atoms with Crippen LogP contribution in [0.15, 0.2) is 30.3 Å². The van der Waals surface area contributed by atoms with E-state index in [1.165, 1.54) is 0 Å². The molecule has 2 atom stereocenters. The zero-order valence-corrected chi connectivity index (χ0v) is 9.66. The van der Waals surface area contributed by atoms with Crippen molar-refractivity contribution >= 4 is 5.78 Å². The van der Waals surface area contributed by atoms with Crippen molar-refractivity contribution in [2.45, 2.75) is 26.3 Å². The molecule has 0 fully saturated rings. The minimum Gasteiger partial charge on any atom is -0.317 e. The van der Waals surface area contributed by atoms with Crippen LogP contribution in [-0.4, -0.2) is 18.9 Å². The second-order valence-corrected chi connectivity index (χ2v) is 4.06. The number of Topliss-reactive ketones (excluding diaryl/α,β-unsaturated/α-hetero) is 1. The number of hydrogen-bond donors (Lipinski definition) is 1. The average molecular weight is 205 g/mol. The van der Waals surface area contributed by atoms with Crippen LogP contribution in [0.5, 0.6) is 0 Å². The van der Waals surface area contributed by atoms with Gasteiger partial charge in [-0.05, 0) is 20.4 Å². The molecule has 2 unspecified atom stereocenters. The van der Waals surface area contributed by atoms with Gasteiger partial charge < -0.3 is 5.32 Å². The van der Waals surface area contributed by atoms with Gasteiger partial charge in [0, 0.05) is 17.5 Å². The van der Waals surface area contributed by atoms with E-state index < -0.39 is 0 Å². The van der Waals surface area contributed by atoms with Crippen molar-refractivity contribution in [2.24, 2.45) is 5.92 Å². The van der Waals surface area contributed by atoms with Crippen molar-refractivity contribution in [1.82, 2.24) is 5.32 Å². The van der Waals surface area contributed by atoms with Crippen molar-refractivity contribution in [1.29, 1.82) is 0 Å². The highest BCUT2D eigenvalue weighted by Crippen LogP contribution is 2.13. The smallest absolute Gasteiger partial charge is 0.165 e. The van der Waals surface area contributed by atoms with E-state index >= 15 is 0 Å². The number of ketones is 1. The number of rotatable bonds is 5. The van der Waals surface area contributed by atoms with Gasteiger partial charge in [0.25, 0.3) is 0 Å². The SMILES string of the molecule is CNC(C)CC(C)C(=O)c1ccccc1. The highest BCUT2D eigenvalue weighted by atomic mass is 16.1. The van der Waals surface area contributed by atoms with Gasteiger partial charge in [0.2, 0.25) is 0 Å². The summed E-state index contributed by atoms with van der Waals surface area (Å²) < 4.78 is 0. The average Bonchev–Trinajstić information content (AvgIpc) is 2.29. The molecule has 82 valence electrons. The monoisotopic (exact) mass is 205 g/mol. The van der Waals surface area contributed by atoms with Crippen LogP contribution in [-0.2, 0) is 0 Å². The highest BCUT2D eigenvalue weighted by molar-refractivity contribution is 5.97. The molecular formula is C13H19NO. The minimum absolute atomic E-state index is 0.0786. The van der Waals surface area contributed by atoms with Crippen molar-refractivity contribution < 1.29 is 4.79 Å². The van der Waals surface area contributed by atoms with Crippen LogP contribution in [0.4, 0.5) is 0 Å². The molecule has 2 nitrogen and oxygen atoms in total. The van der Waals surface area contributed by atoms with Crippen LogP contribution in [0, 0.1) is 5.92 Å². The van der Waals surface area contributed by atoms with Crippen LogP contribution < -0.4 is 5.32 Å². The Morgan fingerprint density at radius 1 is 1.27 bits per heavy atom. The van der Waals surface area contributed by atoms with Crippen LogP contribution >= 0.6 is 0 Å². The number of hydrogen-bond acceptors (Lipinski definition) is 2. The van der Waals surface area contributed by atoms with Crippen molar-refractivity contribution in [2.75, 3.05) is 7.05 Å². The first-order valence-electron chi connectivity index (χ1n) is 5.41. The Morgan fingerprint density at radius 2 is 1.87 bits per heavy atom. The standard InChI is InChI=1S/C13H19NO/c1-10(9-11(2)14-3)13(15)12-7-5-4-6-8-12/h4-8,10-11,14H,9H2,1-3H3. The van der Waals surface area contributed by atoms with Gasteiger partial charge in [-0.3, -0.25) is 4.79 Å². The first-order valence-corrected chi connectivity index (χ1v) is 5.41. The lowest BCUT2D eigenvalue weighted by Gasteiger charge is -2.15. The number of carbonyl (C=O) groups excluding carboxylic acids is 1. The molecule has 0 aliphatic heterocycles. The van der Waals surface area contributed by atoms with Crippen molar-refractivity contribution in [3.8, 4) is 0 Å². The van der Waals surface area contributed by atoms with E-state index in [-0.39, 0.29) is 11.7 Å². The normalized spacial score (nSPS) is 14.6. The molecule has 0 aliphatic carbocycles. The molecule has 1 aromatic carbocycles. The molecule has 0 saturated heterocycles. The Labute approximate surface area is 91.7 Å². The predicted octanol–water partition coefficient (Wildman–Crippen LogP) is 2.50. The van der Waals surface area contributed by atoms with E-state index in [0.717, 1.165) is 12.0 Å². The third-order valence-corrected chi connectivity index (χ3v) is 2.71. The molecule has 0 heterocycles. The van der Waals surface area contributed by atoms with Gasteiger partial charge >= 0.3 is 0 Å². The molecule has 0 aliphatic rings. The summed E-state index contributed by atoms with van der Waals surface area (Å²) in [4.78, 5) is 12.0. The Kier molecular flexibility index (Phi) is 4.50. The maximum atomic E-state index is 12.0. The topological polar surface area (TPSA) is 29.1 Å². The second kappa shape index (κ2) is 5.66. The maximum Gasteiger partial charge on any atom is 0.165 e. The molecule has 1 rings (SSSR count). The first kappa shape index (κ1) is 11.9. The Morgan fingerprint density at radius 3 is 2.40 bits per heavy atom. The predicted molar refractivity (Wildman–Crippen MR) is 63.1 cm³/mol. The molecule has 15 heavy (non-hydrogen) atoms.